The number of amides is 1. The van der Waals surface area contributed by atoms with Gasteiger partial charge < -0.3 is 15.7 Å². The van der Waals surface area contributed by atoms with Gasteiger partial charge in [0, 0.05) is 19.5 Å². The fourth-order valence-electron chi connectivity index (χ4n) is 1.41. The number of hydrogen-bond donors (Lipinski definition) is 2. The van der Waals surface area contributed by atoms with E-state index in [0.29, 0.717) is 13.1 Å². The van der Waals surface area contributed by atoms with E-state index in [-0.39, 0.29) is 11.8 Å². The summed E-state index contributed by atoms with van der Waals surface area (Å²) in [5.41, 5.74) is 5.37. The van der Waals surface area contributed by atoms with Crippen molar-refractivity contribution in [3.63, 3.8) is 0 Å². The first kappa shape index (κ1) is 13.4. The summed E-state index contributed by atoms with van der Waals surface area (Å²) >= 11 is 0. The normalized spacial score (nSPS) is 14.9. The molecular weight excluding hydrogens is 180 g/mol. The van der Waals surface area contributed by atoms with Crippen molar-refractivity contribution in [2.24, 2.45) is 11.7 Å². The summed E-state index contributed by atoms with van der Waals surface area (Å²) in [6, 6.07) is 0. The molecule has 2 unspecified atom stereocenters. The molecule has 4 heteroatoms. The molecule has 14 heavy (non-hydrogen) atoms. The summed E-state index contributed by atoms with van der Waals surface area (Å²) in [6.45, 7) is 4.59. The third kappa shape index (κ3) is 5.19. The molecule has 0 radical (unpaired) electrons. The number of carbonyl (C=O) groups excluding carboxylic acids is 1. The van der Waals surface area contributed by atoms with Gasteiger partial charge in [0.1, 0.15) is 0 Å². The van der Waals surface area contributed by atoms with Gasteiger partial charge in [-0.2, -0.15) is 0 Å². The Kier molecular flexibility index (Phi) is 6.49. The third-order valence-electron chi connectivity index (χ3n) is 2.18. The molecule has 0 fully saturated rings. The highest BCUT2D eigenvalue weighted by molar-refractivity contribution is 5.78. The molecular formula is C10H22N2O2. The second kappa shape index (κ2) is 6.79. The molecule has 0 saturated heterocycles. The lowest BCUT2D eigenvalue weighted by atomic mass is 10.0. The van der Waals surface area contributed by atoms with Gasteiger partial charge in [0.05, 0.1) is 6.10 Å². The van der Waals surface area contributed by atoms with E-state index in [1.807, 2.05) is 6.92 Å². The fourth-order valence-corrected chi connectivity index (χ4v) is 1.41. The van der Waals surface area contributed by atoms with E-state index in [1.54, 1.807) is 18.9 Å². The van der Waals surface area contributed by atoms with Crippen LogP contribution in [-0.2, 0) is 4.79 Å². The zero-order chi connectivity index (χ0) is 11.1. The highest BCUT2D eigenvalue weighted by Crippen LogP contribution is 2.08. The Hall–Kier alpha value is -0.610. The maximum Gasteiger partial charge on any atom is 0.225 e. The van der Waals surface area contributed by atoms with Gasteiger partial charge >= 0.3 is 0 Å². The molecule has 3 N–H and O–H groups in total. The number of rotatable bonds is 6. The van der Waals surface area contributed by atoms with E-state index < -0.39 is 6.10 Å². The van der Waals surface area contributed by atoms with Gasteiger partial charge in [0.15, 0.2) is 0 Å². The average Bonchev–Trinajstić information content (AvgIpc) is 2.11. The molecule has 1 amide bonds. The average molecular weight is 202 g/mol. The van der Waals surface area contributed by atoms with Gasteiger partial charge in [-0.05, 0) is 26.3 Å². The van der Waals surface area contributed by atoms with Crippen molar-refractivity contribution >= 4 is 5.91 Å². The van der Waals surface area contributed by atoms with Crippen molar-refractivity contribution in [2.45, 2.75) is 32.8 Å². The quantitative estimate of drug-likeness (QED) is 0.646. The fraction of sp³-hybridized carbons (Fsp3) is 0.900. The summed E-state index contributed by atoms with van der Waals surface area (Å²) in [5.74, 6) is 0.0849. The SMILES string of the molecule is CC(O)CN(C)C(=O)C(C)CCCN. The van der Waals surface area contributed by atoms with E-state index in [9.17, 15) is 4.79 Å². The van der Waals surface area contributed by atoms with Crippen molar-refractivity contribution in [3.05, 3.63) is 0 Å². The minimum atomic E-state index is -0.467. The van der Waals surface area contributed by atoms with Gasteiger partial charge in [-0.15, -0.1) is 0 Å². The number of hydrogen-bond acceptors (Lipinski definition) is 3. The lowest BCUT2D eigenvalue weighted by Crippen LogP contribution is -2.36. The zero-order valence-electron chi connectivity index (χ0n) is 9.36. The molecule has 0 heterocycles. The lowest BCUT2D eigenvalue weighted by Gasteiger charge is -2.22. The van der Waals surface area contributed by atoms with Crippen LogP contribution in [0.1, 0.15) is 26.7 Å². The minimum absolute atomic E-state index is 0.00213. The number of carbonyl (C=O) groups is 1. The molecule has 4 nitrogen and oxygen atoms in total. The number of likely N-dealkylation sites (N-methyl/N-ethyl adjacent to an activating group) is 1. The lowest BCUT2D eigenvalue weighted by molar-refractivity contribution is -0.135. The largest absolute Gasteiger partial charge is 0.392 e. The molecule has 2 atom stereocenters. The van der Waals surface area contributed by atoms with E-state index in [0.717, 1.165) is 12.8 Å². The van der Waals surface area contributed by atoms with Crippen LogP contribution in [-0.4, -0.2) is 42.2 Å². The maximum atomic E-state index is 11.7. The molecule has 0 spiro atoms. The number of aliphatic hydroxyl groups is 1. The van der Waals surface area contributed by atoms with Crippen LogP contribution in [0.3, 0.4) is 0 Å². The van der Waals surface area contributed by atoms with E-state index in [2.05, 4.69) is 0 Å². The summed E-state index contributed by atoms with van der Waals surface area (Å²) in [5, 5.41) is 9.12. The topological polar surface area (TPSA) is 66.6 Å². The Bertz CT molecular complexity index is 172. The molecule has 0 saturated carbocycles. The first-order chi connectivity index (χ1) is 6.49. The van der Waals surface area contributed by atoms with Crippen LogP contribution < -0.4 is 5.73 Å². The first-order valence-corrected chi connectivity index (χ1v) is 5.12. The van der Waals surface area contributed by atoms with Gasteiger partial charge in [-0.25, -0.2) is 0 Å². The monoisotopic (exact) mass is 202 g/mol. The second-order valence-electron chi connectivity index (χ2n) is 3.90. The zero-order valence-corrected chi connectivity index (χ0v) is 9.36. The van der Waals surface area contributed by atoms with E-state index in [4.69, 9.17) is 10.8 Å². The summed E-state index contributed by atoms with van der Waals surface area (Å²) in [4.78, 5) is 13.2. The third-order valence-corrected chi connectivity index (χ3v) is 2.18. The standard InChI is InChI=1S/C10H22N2O2/c1-8(5-4-6-11)10(14)12(3)7-9(2)13/h8-9,13H,4-7,11H2,1-3H3. The Morgan fingerprint density at radius 3 is 2.50 bits per heavy atom. The summed E-state index contributed by atoms with van der Waals surface area (Å²) < 4.78 is 0. The Labute approximate surface area is 86.1 Å². The summed E-state index contributed by atoms with van der Waals surface area (Å²) in [7, 11) is 1.72. The number of aliphatic hydroxyl groups excluding tert-OH is 1. The molecule has 0 aromatic carbocycles. The smallest absolute Gasteiger partial charge is 0.225 e. The van der Waals surface area contributed by atoms with Gasteiger partial charge in [-0.3, -0.25) is 4.79 Å². The van der Waals surface area contributed by atoms with E-state index >= 15 is 0 Å². The van der Waals surface area contributed by atoms with Crippen LogP contribution in [0.2, 0.25) is 0 Å². The number of nitrogens with zero attached hydrogens (tertiary/aromatic N) is 1. The maximum absolute atomic E-state index is 11.7. The van der Waals surface area contributed by atoms with Crippen molar-refractivity contribution in [2.75, 3.05) is 20.1 Å². The van der Waals surface area contributed by atoms with Crippen molar-refractivity contribution in [3.8, 4) is 0 Å². The van der Waals surface area contributed by atoms with Crippen LogP contribution in [0.4, 0.5) is 0 Å². The van der Waals surface area contributed by atoms with Gasteiger partial charge in [0.25, 0.3) is 0 Å². The first-order valence-electron chi connectivity index (χ1n) is 5.12. The molecule has 0 rings (SSSR count). The predicted molar refractivity (Wildman–Crippen MR) is 56.8 cm³/mol. The van der Waals surface area contributed by atoms with Gasteiger partial charge in [-0.1, -0.05) is 6.92 Å². The van der Waals surface area contributed by atoms with Crippen LogP contribution >= 0.6 is 0 Å². The van der Waals surface area contributed by atoms with Crippen LogP contribution in [0.25, 0.3) is 0 Å². The van der Waals surface area contributed by atoms with Crippen LogP contribution in [0.15, 0.2) is 0 Å². The predicted octanol–water partition coefficient (Wildman–Crippen LogP) is 0.201. The molecule has 0 bridgehead atoms. The molecule has 0 aliphatic rings. The van der Waals surface area contributed by atoms with Crippen molar-refractivity contribution < 1.29 is 9.90 Å². The highest BCUT2D eigenvalue weighted by atomic mass is 16.3. The summed E-state index contributed by atoms with van der Waals surface area (Å²) in [6.07, 6.45) is 1.22. The molecule has 0 aromatic rings. The van der Waals surface area contributed by atoms with Crippen LogP contribution in [0.5, 0.6) is 0 Å². The Morgan fingerprint density at radius 1 is 1.50 bits per heavy atom. The second-order valence-corrected chi connectivity index (χ2v) is 3.90. The van der Waals surface area contributed by atoms with Crippen LogP contribution in [0, 0.1) is 5.92 Å². The van der Waals surface area contributed by atoms with Gasteiger partial charge in [0.2, 0.25) is 5.91 Å². The van der Waals surface area contributed by atoms with Crippen molar-refractivity contribution in [1.29, 1.82) is 0 Å². The molecule has 0 aliphatic carbocycles. The minimum Gasteiger partial charge on any atom is -0.392 e. The molecule has 0 aromatic heterocycles. The highest BCUT2D eigenvalue weighted by Gasteiger charge is 2.17. The van der Waals surface area contributed by atoms with Crippen molar-refractivity contribution in [1.82, 2.24) is 4.90 Å². The Balaban J connectivity index is 3.91. The van der Waals surface area contributed by atoms with E-state index in [1.165, 1.54) is 0 Å². The molecule has 84 valence electrons. The molecule has 0 aliphatic heterocycles. The Morgan fingerprint density at radius 2 is 2.07 bits per heavy atom. The number of nitrogens with two attached hydrogens (primary N) is 1.